The highest BCUT2D eigenvalue weighted by Gasteiger charge is 2.21. The van der Waals surface area contributed by atoms with Gasteiger partial charge in [0, 0.05) is 20.1 Å². The zero-order valence-corrected chi connectivity index (χ0v) is 11.0. The Balaban J connectivity index is 2.76. The number of rotatable bonds is 5. The monoisotopic (exact) mass is 242 g/mol. The summed E-state index contributed by atoms with van der Waals surface area (Å²) >= 11 is 1.28. The fourth-order valence-corrected chi connectivity index (χ4v) is 2.24. The molecule has 0 bridgehead atoms. The summed E-state index contributed by atoms with van der Waals surface area (Å²) in [4.78, 5) is 13.8. The van der Waals surface area contributed by atoms with Gasteiger partial charge in [-0.2, -0.15) is 0 Å². The zero-order valence-electron chi connectivity index (χ0n) is 10.1. The van der Waals surface area contributed by atoms with Crippen LogP contribution in [0.15, 0.2) is 0 Å². The molecule has 6 heteroatoms. The van der Waals surface area contributed by atoms with E-state index in [2.05, 4.69) is 29.4 Å². The third kappa shape index (κ3) is 2.69. The van der Waals surface area contributed by atoms with Crippen LogP contribution in [0.2, 0.25) is 0 Å². The molecule has 0 aromatic carbocycles. The van der Waals surface area contributed by atoms with Crippen LogP contribution < -0.4 is 5.32 Å². The first kappa shape index (κ1) is 12.9. The molecule has 1 amide bonds. The van der Waals surface area contributed by atoms with Gasteiger partial charge in [0.25, 0.3) is 5.91 Å². The summed E-state index contributed by atoms with van der Waals surface area (Å²) in [5.41, 5.74) is 0. The first-order valence-corrected chi connectivity index (χ1v) is 6.24. The average molecular weight is 242 g/mol. The van der Waals surface area contributed by atoms with Gasteiger partial charge in [0.1, 0.15) is 0 Å². The van der Waals surface area contributed by atoms with Gasteiger partial charge in [-0.15, -0.1) is 10.2 Å². The standard InChI is InChI=1S/C10H18N4OS/c1-5-7(6-2)14(4)9(15)8-12-13-10(11-3)16-8/h7H,5-6H2,1-4H3,(H,11,13). The second-order valence-corrected chi connectivity index (χ2v) is 4.53. The maximum Gasteiger partial charge on any atom is 0.284 e. The largest absolute Gasteiger partial charge is 0.363 e. The van der Waals surface area contributed by atoms with Crippen LogP contribution in [0.1, 0.15) is 36.5 Å². The Morgan fingerprint density at radius 3 is 2.50 bits per heavy atom. The van der Waals surface area contributed by atoms with Crippen molar-refractivity contribution >= 4 is 22.4 Å². The molecular formula is C10H18N4OS. The van der Waals surface area contributed by atoms with Gasteiger partial charge in [-0.3, -0.25) is 4.79 Å². The summed E-state index contributed by atoms with van der Waals surface area (Å²) in [6.45, 7) is 4.16. The van der Waals surface area contributed by atoms with Gasteiger partial charge in [-0.25, -0.2) is 0 Å². The fourth-order valence-electron chi connectivity index (χ4n) is 1.56. The minimum atomic E-state index is -0.0484. The minimum absolute atomic E-state index is 0.0484. The predicted octanol–water partition coefficient (Wildman–Crippen LogP) is 1.84. The summed E-state index contributed by atoms with van der Waals surface area (Å²) in [5.74, 6) is -0.0484. The van der Waals surface area contributed by atoms with Gasteiger partial charge in [0.05, 0.1) is 0 Å². The van der Waals surface area contributed by atoms with E-state index in [0.717, 1.165) is 12.8 Å². The molecule has 1 aromatic heterocycles. The molecule has 0 aliphatic heterocycles. The molecule has 0 unspecified atom stereocenters. The van der Waals surface area contributed by atoms with Crippen molar-refractivity contribution < 1.29 is 4.79 Å². The fraction of sp³-hybridized carbons (Fsp3) is 0.700. The number of hydrogen-bond donors (Lipinski definition) is 1. The van der Waals surface area contributed by atoms with E-state index >= 15 is 0 Å². The van der Waals surface area contributed by atoms with Gasteiger partial charge in [-0.05, 0) is 12.8 Å². The highest BCUT2D eigenvalue weighted by atomic mass is 32.1. The molecule has 0 fully saturated rings. The Kier molecular flexibility index (Phi) is 4.67. The van der Waals surface area contributed by atoms with Crippen LogP contribution in [0.4, 0.5) is 5.13 Å². The first-order chi connectivity index (χ1) is 7.63. The molecule has 1 heterocycles. The van der Waals surface area contributed by atoms with Crippen LogP contribution in [-0.2, 0) is 0 Å². The van der Waals surface area contributed by atoms with E-state index in [4.69, 9.17) is 0 Å². The average Bonchev–Trinajstić information content (AvgIpc) is 2.78. The summed E-state index contributed by atoms with van der Waals surface area (Å²) in [6, 6.07) is 0.273. The van der Waals surface area contributed by atoms with Gasteiger partial charge >= 0.3 is 0 Å². The third-order valence-corrected chi connectivity index (χ3v) is 3.56. The second kappa shape index (κ2) is 5.79. The van der Waals surface area contributed by atoms with Crippen molar-refractivity contribution in [3.63, 3.8) is 0 Å². The van der Waals surface area contributed by atoms with E-state index in [1.54, 1.807) is 11.9 Å². The number of amides is 1. The second-order valence-electron chi connectivity index (χ2n) is 3.55. The van der Waals surface area contributed by atoms with E-state index in [1.807, 2.05) is 7.05 Å². The van der Waals surface area contributed by atoms with Crippen molar-refractivity contribution in [1.29, 1.82) is 0 Å². The maximum absolute atomic E-state index is 12.0. The van der Waals surface area contributed by atoms with Crippen LogP contribution in [0.5, 0.6) is 0 Å². The van der Waals surface area contributed by atoms with E-state index in [-0.39, 0.29) is 11.9 Å². The van der Waals surface area contributed by atoms with Gasteiger partial charge in [0.15, 0.2) is 0 Å². The number of nitrogens with one attached hydrogen (secondary N) is 1. The zero-order chi connectivity index (χ0) is 12.1. The molecule has 0 radical (unpaired) electrons. The van der Waals surface area contributed by atoms with E-state index in [0.29, 0.717) is 10.1 Å². The molecule has 1 aromatic rings. The molecule has 0 spiro atoms. The SMILES string of the molecule is CCC(CC)N(C)C(=O)c1nnc(NC)s1. The molecular weight excluding hydrogens is 224 g/mol. The van der Waals surface area contributed by atoms with Crippen molar-refractivity contribution in [2.45, 2.75) is 32.7 Å². The van der Waals surface area contributed by atoms with Crippen molar-refractivity contribution in [3.05, 3.63) is 5.01 Å². The van der Waals surface area contributed by atoms with E-state index < -0.39 is 0 Å². The molecule has 5 nitrogen and oxygen atoms in total. The molecule has 0 atom stereocenters. The highest BCUT2D eigenvalue weighted by molar-refractivity contribution is 7.17. The Labute approximate surface area is 99.9 Å². The van der Waals surface area contributed by atoms with E-state index in [1.165, 1.54) is 11.3 Å². The van der Waals surface area contributed by atoms with Crippen LogP contribution in [0.3, 0.4) is 0 Å². The summed E-state index contributed by atoms with van der Waals surface area (Å²) in [5, 5.41) is 11.7. The van der Waals surface area contributed by atoms with Crippen molar-refractivity contribution in [3.8, 4) is 0 Å². The van der Waals surface area contributed by atoms with Gasteiger partial charge in [-0.1, -0.05) is 25.2 Å². The van der Waals surface area contributed by atoms with Crippen LogP contribution in [-0.4, -0.2) is 41.1 Å². The highest BCUT2D eigenvalue weighted by Crippen LogP contribution is 2.17. The van der Waals surface area contributed by atoms with Gasteiger partial charge in [0.2, 0.25) is 10.1 Å². The molecule has 0 aliphatic rings. The van der Waals surface area contributed by atoms with Crippen molar-refractivity contribution in [2.24, 2.45) is 0 Å². The Morgan fingerprint density at radius 1 is 1.44 bits per heavy atom. The first-order valence-electron chi connectivity index (χ1n) is 5.42. The summed E-state index contributed by atoms with van der Waals surface area (Å²) in [7, 11) is 3.58. The number of carbonyl (C=O) groups excluding carboxylic acids is 1. The van der Waals surface area contributed by atoms with Crippen LogP contribution >= 0.6 is 11.3 Å². The number of carbonyl (C=O) groups is 1. The lowest BCUT2D eigenvalue weighted by atomic mass is 10.1. The molecule has 1 N–H and O–H groups in total. The smallest absolute Gasteiger partial charge is 0.284 e. The third-order valence-electron chi connectivity index (χ3n) is 2.63. The number of hydrogen-bond acceptors (Lipinski definition) is 5. The van der Waals surface area contributed by atoms with Crippen LogP contribution in [0.25, 0.3) is 0 Å². The molecule has 0 aliphatic carbocycles. The summed E-state index contributed by atoms with van der Waals surface area (Å²) in [6.07, 6.45) is 1.91. The lowest BCUT2D eigenvalue weighted by Crippen LogP contribution is -2.36. The van der Waals surface area contributed by atoms with Gasteiger partial charge < -0.3 is 10.2 Å². The Morgan fingerprint density at radius 2 is 2.06 bits per heavy atom. The Bertz CT molecular complexity index is 348. The Hall–Kier alpha value is -1.17. The topological polar surface area (TPSA) is 58.1 Å². The molecule has 16 heavy (non-hydrogen) atoms. The minimum Gasteiger partial charge on any atom is -0.363 e. The quantitative estimate of drug-likeness (QED) is 0.856. The predicted molar refractivity (Wildman–Crippen MR) is 65.9 cm³/mol. The summed E-state index contributed by atoms with van der Waals surface area (Å²) < 4.78 is 0. The lowest BCUT2D eigenvalue weighted by Gasteiger charge is -2.24. The molecule has 90 valence electrons. The molecule has 0 saturated carbocycles. The molecule has 1 rings (SSSR count). The van der Waals surface area contributed by atoms with Crippen molar-refractivity contribution in [2.75, 3.05) is 19.4 Å². The maximum atomic E-state index is 12.0. The van der Waals surface area contributed by atoms with Crippen molar-refractivity contribution in [1.82, 2.24) is 15.1 Å². The normalized spacial score (nSPS) is 10.6. The number of aromatic nitrogens is 2. The number of nitrogens with zero attached hydrogens (tertiary/aromatic N) is 3. The van der Waals surface area contributed by atoms with E-state index in [9.17, 15) is 4.79 Å². The van der Waals surface area contributed by atoms with Crippen LogP contribution in [0, 0.1) is 0 Å². The lowest BCUT2D eigenvalue weighted by molar-refractivity contribution is 0.0722. The molecule has 0 saturated heterocycles. The number of anilines is 1.